The van der Waals surface area contributed by atoms with E-state index in [4.69, 9.17) is 5.11 Å². The predicted octanol–water partition coefficient (Wildman–Crippen LogP) is 3.01. The van der Waals surface area contributed by atoms with E-state index in [1.54, 1.807) is 11.3 Å². The maximum absolute atomic E-state index is 12.1. The molecular weight excluding hydrogens is 316 g/mol. The average molecular weight is 328 g/mol. The van der Waals surface area contributed by atoms with Crippen LogP contribution in [0.15, 0.2) is 50.9 Å². The zero-order valence-electron chi connectivity index (χ0n) is 10.4. The highest BCUT2D eigenvalue weighted by Gasteiger charge is 2.16. The molecule has 0 spiro atoms. The molecule has 7 heteroatoms. The molecule has 0 amide bonds. The number of carboxylic acids is 1. The highest BCUT2D eigenvalue weighted by molar-refractivity contribution is 8.02. The first-order chi connectivity index (χ1) is 9.49. The van der Waals surface area contributed by atoms with Crippen LogP contribution in [0, 0.1) is 0 Å². The van der Waals surface area contributed by atoms with Gasteiger partial charge < -0.3 is 5.11 Å². The van der Waals surface area contributed by atoms with Crippen molar-refractivity contribution in [3.63, 3.8) is 0 Å². The Morgan fingerprint density at radius 3 is 2.70 bits per heavy atom. The van der Waals surface area contributed by atoms with E-state index in [1.165, 1.54) is 36.0 Å². The second-order valence-electron chi connectivity index (χ2n) is 3.93. The summed E-state index contributed by atoms with van der Waals surface area (Å²) in [6.07, 6.45) is 0. The van der Waals surface area contributed by atoms with Gasteiger partial charge in [-0.2, -0.15) is 0 Å². The van der Waals surface area contributed by atoms with Crippen LogP contribution in [0.4, 0.5) is 0 Å². The highest BCUT2D eigenvalue weighted by Crippen LogP contribution is 2.24. The smallest absolute Gasteiger partial charge is 0.335 e. The maximum atomic E-state index is 12.1. The third-order valence-electron chi connectivity index (χ3n) is 2.53. The molecule has 0 unspecified atom stereocenters. The normalized spacial score (nSPS) is 11.4. The van der Waals surface area contributed by atoms with Crippen molar-refractivity contribution in [1.29, 1.82) is 0 Å². The highest BCUT2D eigenvalue weighted by atomic mass is 32.2. The van der Waals surface area contributed by atoms with Crippen molar-refractivity contribution in [2.75, 3.05) is 11.5 Å². The number of rotatable bonds is 6. The molecule has 2 rings (SSSR count). The number of thioether (sulfide) groups is 1. The number of carbonyl (C=O) groups is 1. The zero-order chi connectivity index (χ0) is 14.6. The van der Waals surface area contributed by atoms with Crippen molar-refractivity contribution >= 4 is 38.9 Å². The fourth-order valence-electron chi connectivity index (χ4n) is 1.54. The van der Waals surface area contributed by atoms with Gasteiger partial charge in [0, 0.05) is 5.75 Å². The molecule has 2 aromatic rings. The molecule has 1 N–H and O–H groups in total. The van der Waals surface area contributed by atoms with Crippen LogP contribution in [0.2, 0.25) is 0 Å². The summed E-state index contributed by atoms with van der Waals surface area (Å²) in [5.74, 6) is -0.700. The van der Waals surface area contributed by atoms with Gasteiger partial charge in [0.2, 0.25) is 0 Å². The van der Waals surface area contributed by atoms with E-state index >= 15 is 0 Å². The second-order valence-corrected chi connectivity index (χ2v) is 8.38. The van der Waals surface area contributed by atoms with Crippen molar-refractivity contribution in [2.45, 2.75) is 9.10 Å². The molecule has 0 bridgehead atoms. The van der Waals surface area contributed by atoms with E-state index in [0.717, 1.165) is 4.21 Å². The summed E-state index contributed by atoms with van der Waals surface area (Å²) < 4.78 is 25.3. The number of aromatic carboxylic acids is 1. The first-order valence-corrected chi connectivity index (χ1v) is 9.23. The first-order valence-electron chi connectivity index (χ1n) is 5.71. The summed E-state index contributed by atoms with van der Waals surface area (Å²) in [5.41, 5.74) is -0.0167. The molecule has 4 nitrogen and oxygen atoms in total. The summed E-state index contributed by atoms with van der Waals surface area (Å²) in [5, 5.41) is 10.8. The minimum absolute atomic E-state index is 0.0152. The van der Waals surface area contributed by atoms with Gasteiger partial charge in [-0.25, -0.2) is 13.2 Å². The van der Waals surface area contributed by atoms with E-state index in [9.17, 15) is 13.2 Å². The third-order valence-corrected chi connectivity index (χ3v) is 6.64. The van der Waals surface area contributed by atoms with Crippen molar-refractivity contribution in [3.05, 3.63) is 47.3 Å². The van der Waals surface area contributed by atoms with Gasteiger partial charge in [0.25, 0.3) is 0 Å². The lowest BCUT2D eigenvalue weighted by Crippen LogP contribution is -2.10. The van der Waals surface area contributed by atoms with Crippen LogP contribution in [-0.2, 0) is 9.84 Å². The van der Waals surface area contributed by atoms with Gasteiger partial charge in [0.1, 0.15) is 0 Å². The molecular formula is C13H12O4S3. The van der Waals surface area contributed by atoms with Gasteiger partial charge in [-0.15, -0.1) is 23.1 Å². The lowest BCUT2D eigenvalue weighted by atomic mass is 10.2. The van der Waals surface area contributed by atoms with Crippen LogP contribution >= 0.6 is 23.1 Å². The van der Waals surface area contributed by atoms with Gasteiger partial charge >= 0.3 is 5.97 Å². The van der Waals surface area contributed by atoms with Crippen molar-refractivity contribution < 1.29 is 18.3 Å². The monoisotopic (exact) mass is 328 g/mol. The summed E-state index contributed by atoms with van der Waals surface area (Å²) in [6, 6.07) is 9.31. The van der Waals surface area contributed by atoms with E-state index in [-0.39, 0.29) is 16.2 Å². The van der Waals surface area contributed by atoms with Crippen molar-refractivity contribution in [2.24, 2.45) is 0 Å². The Bertz CT molecular complexity index is 690. The number of thiophene rings is 1. The number of benzene rings is 1. The molecule has 0 fully saturated rings. The Hall–Kier alpha value is -1.31. The van der Waals surface area contributed by atoms with Crippen LogP contribution in [0.25, 0.3) is 0 Å². The van der Waals surface area contributed by atoms with Crippen LogP contribution in [-0.4, -0.2) is 31.0 Å². The first kappa shape index (κ1) is 15.1. The number of hydrogen-bond donors (Lipinski definition) is 1. The maximum Gasteiger partial charge on any atom is 0.335 e. The van der Waals surface area contributed by atoms with Gasteiger partial charge in [0.15, 0.2) is 9.84 Å². The van der Waals surface area contributed by atoms with Crippen LogP contribution in [0.1, 0.15) is 10.4 Å². The Morgan fingerprint density at radius 2 is 2.05 bits per heavy atom. The van der Waals surface area contributed by atoms with Gasteiger partial charge in [-0.1, -0.05) is 12.1 Å². The molecule has 20 heavy (non-hydrogen) atoms. The third kappa shape index (κ3) is 3.84. The van der Waals surface area contributed by atoms with Crippen LogP contribution in [0.5, 0.6) is 0 Å². The molecule has 0 radical (unpaired) electrons. The Labute approximate surface area is 125 Å². The van der Waals surface area contributed by atoms with Crippen molar-refractivity contribution in [3.8, 4) is 0 Å². The molecule has 0 atom stereocenters. The minimum Gasteiger partial charge on any atom is -0.478 e. The lowest BCUT2D eigenvalue weighted by Gasteiger charge is -2.04. The molecule has 1 aromatic heterocycles. The predicted molar refractivity (Wildman–Crippen MR) is 80.5 cm³/mol. The summed E-state index contributed by atoms with van der Waals surface area (Å²) in [4.78, 5) is 10.9. The lowest BCUT2D eigenvalue weighted by molar-refractivity contribution is 0.0696. The fourth-order valence-corrected chi connectivity index (χ4v) is 5.09. The Morgan fingerprint density at radius 1 is 1.25 bits per heavy atom. The molecule has 1 aromatic carbocycles. The molecule has 0 saturated heterocycles. The van der Waals surface area contributed by atoms with E-state index < -0.39 is 15.8 Å². The molecule has 106 valence electrons. The second kappa shape index (κ2) is 6.43. The SMILES string of the molecule is O=C(O)c1cccc(S(=O)(=O)CCSc2cccs2)c1. The Kier molecular flexibility index (Phi) is 4.85. The minimum atomic E-state index is -3.45. The molecule has 0 saturated carbocycles. The van der Waals surface area contributed by atoms with E-state index in [2.05, 4.69) is 0 Å². The van der Waals surface area contributed by atoms with Gasteiger partial charge in [-0.3, -0.25) is 0 Å². The average Bonchev–Trinajstić information content (AvgIpc) is 2.92. The van der Waals surface area contributed by atoms with E-state index in [1.807, 2.05) is 17.5 Å². The summed E-state index contributed by atoms with van der Waals surface area (Å²) in [6.45, 7) is 0. The molecule has 1 heterocycles. The quantitative estimate of drug-likeness (QED) is 0.825. The van der Waals surface area contributed by atoms with Gasteiger partial charge in [0.05, 0.1) is 20.4 Å². The summed E-state index contributed by atoms with van der Waals surface area (Å²) in [7, 11) is -3.45. The van der Waals surface area contributed by atoms with Crippen LogP contribution < -0.4 is 0 Å². The molecule has 0 aliphatic carbocycles. The molecule has 0 aliphatic rings. The fraction of sp³-hybridized carbons (Fsp3) is 0.154. The van der Waals surface area contributed by atoms with E-state index in [0.29, 0.717) is 5.75 Å². The summed E-state index contributed by atoms with van der Waals surface area (Å²) >= 11 is 3.05. The Balaban J connectivity index is 2.06. The molecule has 0 aliphatic heterocycles. The standard InChI is InChI=1S/C13H12O4S3/c14-13(15)10-3-1-4-11(9-10)20(16,17)8-7-19-12-5-2-6-18-12/h1-6,9H,7-8H2,(H,14,15). The topological polar surface area (TPSA) is 71.4 Å². The number of hydrogen-bond acceptors (Lipinski definition) is 5. The van der Waals surface area contributed by atoms with Crippen LogP contribution in [0.3, 0.4) is 0 Å². The number of sulfone groups is 1. The zero-order valence-corrected chi connectivity index (χ0v) is 12.8. The largest absolute Gasteiger partial charge is 0.478 e. The number of carboxylic acid groups (broad SMARTS) is 1. The van der Waals surface area contributed by atoms with Crippen molar-refractivity contribution in [1.82, 2.24) is 0 Å². The van der Waals surface area contributed by atoms with Gasteiger partial charge in [-0.05, 0) is 29.6 Å².